The van der Waals surface area contributed by atoms with Crippen LogP contribution in [-0.4, -0.2) is 51.0 Å². The lowest BCUT2D eigenvalue weighted by Gasteiger charge is -2.12. The predicted molar refractivity (Wildman–Crippen MR) is 68.4 cm³/mol. The lowest BCUT2D eigenvalue weighted by molar-refractivity contribution is -0.121. The molecule has 0 radical (unpaired) electrons. The van der Waals surface area contributed by atoms with Gasteiger partial charge in [0.25, 0.3) is 0 Å². The fraction of sp³-hybridized carbons (Fsp3) is 0.923. The summed E-state index contributed by atoms with van der Waals surface area (Å²) < 4.78 is 10.9. The van der Waals surface area contributed by atoms with Gasteiger partial charge in [0.2, 0.25) is 5.91 Å². The summed E-state index contributed by atoms with van der Waals surface area (Å²) in [4.78, 5) is 11.6. The zero-order chi connectivity index (χ0) is 12.6. The van der Waals surface area contributed by atoms with E-state index < -0.39 is 0 Å². The third-order valence-corrected chi connectivity index (χ3v) is 3.48. The molecule has 2 atom stereocenters. The van der Waals surface area contributed by atoms with Crippen LogP contribution in [0.15, 0.2) is 0 Å². The van der Waals surface area contributed by atoms with Gasteiger partial charge in [-0.3, -0.25) is 4.79 Å². The van der Waals surface area contributed by atoms with Crippen LogP contribution < -0.4 is 10.6 Å². The highest BCUT2D eigenvalue weighted by molar-refractivity contribution is 5.76. The molecule has 0 aromatic carbocycles. The van der Waals surface area contributed by atoms with Crippen LogP contribution in [0.4, 0.5) is 0 Å². The van der Waals surface area contributed by atoms with Crippen LogP contribution in [-0.2, 0) is 14.3 Å². The lowest BCUT2D eigenvalue weighted by atomic mass is 10.2. The quantitative estimate of drug-likeness (QED) is 0.649. The Hall–Kier alpha value is -0.650. The van der Waals surface area contributed by atoms with Crippen molar-refractivity contribution in [3.63, 3.8) is 0 Å². The van der Waals surface area contributed by atoms with Crippen molar-refractivity contribution < 1.29 is 14.3 Å². The predicted octanol–water partition coefficient (Wildman–Crippen LogP) is 0.440. The molecule has 104 valence electrons. The second kappa shape index (κ2) is 7.71. The van der Waals surface area contributed by atoms with Crippen LogP contribution >= 0.6 is 0 Å². The second-order valence-electron chi connectivity index (χ2n) is 5.03. The van der Waals surface area contributed by atoms with E-state index in [1.54, 1.807) is 0 Å². The number of amides is 1. The van der Waals surface area contributed by atoms with Crippen molar-refractivity contribution in [3.8, 4) is 0 Å². The molecule has 5 heteroatoms. The van der Waals surface area contributed by atoms with Crippen molar-refractivity contribution in [1.29, 1.82) is 0 Å². The standard InChI is InChI=1S/C13H24N2O3/c16-13(15-10-12-4-2-8-18-12)5-6-14-9-11-3-1-7-17-11/h11-12,14H,1-10H2,(H,15,16). The molecule has 1 amide bonds. The Morgan fingerprint density at radius 2 is 1.72 bits per heavy atom. The molecule has 0 aromatic rings. The van der Waals surface area contributed by atoms with Crippen LogP contribution in [0.5, 0.6) is 0 Å². The van der Waals surface area contributed by atoms with Gasteiger partial charge in [-0.05, 0) is 25.7 Å². The molecule has 5 nitrogen and oxygen atoms in total. The van der Waals surface area contributed by atoms with E-state index in [4.69, 9.17) is 9.47 Å². The maximum atomic E-state index is 11.6. The zero-order valence-electron chi connectivity index (χ0n) is 11.0. The van der Waals surface area contributed by atoms with E-state index in [1.165, 1.54) is 0 Å². The van der Waals surface area contributed by atoms with Crippen molar-refractivity contribution in [3.05, 3.63) is 0 Å². The first-order valence-electron chi connectivity index (χ1n) is 7.05. The summed E-state index contributed by atoms with van der Waals surface area (Å²) in [7, 11) is 0. The third kappa shape index (κ3) is 4.92. The minimum atomic E-state index is 0.102. The van der Waals surface area contributed by atoms with Gasteiger partial charge in [-0.1, -0.05) is 0 Å². The summed E-state index contributed by atoms with van der Waals surface area (Å²) in [5, 5.41) is 6.19. The topological polar surface area (TPSA) is 59.6 Å². The van der Waals surface area contributed by atoms with Gasteiger partial charge in [-0.2, -0.15) is 0 Å². The number of carbonyl (C=O) groups excluding carboxylic acids is 1. The number of hydrogen-bond acceptors (Lipinski definition) is 4. The Balaban J connectivity index is 1.44. The molecule has 0 aliphatic carbocycles. The highest BCUT2D eigenvalue weighted by Crippen LogP contribution is 2.11. The number of nitrogens with one attached hydrogen (secondary N) is 2. The molecular formula is C13H24N2O3. The molecule has 0 spiro atoms. The molecule has 2 unspecified atom stereocenters. The molecule has 2 fully saturated rings. The molecular weight excluding hydrogens is 232 g/mol. The number of ether oxygens (including phenoxy) is 2. The Bertz CT molecular complexity index is 249. The summed E-state index contributed by atoms with van der Waals surface area (Å²) in [6.45, 7) is 3.96. The van der Waals surface area contributed by atoms with Crippen molar-refractivity contribution in [2.45, 2.75) is 44.3 Å². The molecule has 2 rings (SSSR count). The van der Waals surface area contributed by atoms with E-state index in [2.05, 4.69) is 10.6 Å². The Morgan fingerprint density at radius 3 is 2.33 bits per heavy atom. The van der Waals surface area contributed by atoms with Crippen molar-refractivity contribution in [1.82, 2.24) is 10.6 Å². The number of hydrogen-bond donors (Lipinski definition) is 2. The van der Waals surface area contributed by atoms with Gasteiger partial charge in [-0.25, -0.2) is 0 Å². The monoisotopic (exact) mass is 256 g/mol. The maximum absolute atomic E-state index is 11.6. The molecule has 2 heterocycles. The second-order valence-corrected chi connectivity index (χ2v) is 5.03. The smallest absolute Gasteiger partial charge is 0.221 e. The highest BCUT2D eigenvalue weighted by Gasteiger charge is 2.16. The Morgan fingerprint density at radius 1 is 1.06 bits per heavy atom. The van der Waals surface area contributed by atoms with Crippen LogP contribution in [0, 0.1) is 0 Å². The van der Waals surface area contributed by atoms with Gasteiger partial charge in [0.1, 0.15) is 0 Å². The van der Waals surface area contributed by atoms with Gasteiger partial charge < -0.3 is 20.1 Å². The van der Waals surface area contributed by atoms with E-state index in [9.17, 15) is 4.79 Å². The van der Waals surface area contributed by atoms with E-state index in [-0.39, 0.29) is 12.0 Å². The van der Waals surface area contributed by atoms with Gasteiger partial charge in [-0.15, -0.1) is 0 Å². The van der Waals surface area contributed by atoms with Gasteiger partial charge in [0.05, 0.1) is 12.2 Å². The molecule has 2 aliphatic rings. The molecule has 2 aliphatic heterocycles. The van der Waals surface area contributed by atoms with Crippen molar-refractivity contribution in [2.75, 3.05) is 32.8 Å². The average Bonchev–Trinajstić information content (AvgIpc) is 3.04. The SMILES string of the molecule is O=C(CCNCC1CCCO1)NCC1CCCO1. The van der Waals surface area contributed by atoms with Crippen LogP contribution in [0.2, 0.25) is 0 Å². The molecule has 18 heavy (non-hydrogen) atoms. The first-order chi connectivity index (χ1) is 8.84. The summed E-state index contributed by atoms with van der Waals surface area (Å²) >= 11 is 0. The van der Waals surface area contributed by atoms with Crippen LogP contribution in [0.3, 0.4) is 0 Å². The van der Waals surface area contributed by atoms with E-state index in [0.29, 0.717) is 19.1 Å². The van der Waals surface area contributed by atoms with E-state index in [1.807, 2.05) is 0 Å². The lowest BCUT2D eigenvalue weighted by Crippen LogP contribution is -2.35. The largest absolute Gasteiger partial charge is 0.377 e. The normalized spacial score (nSPS) is 27.6. The van der Waals surface area contributed by atoms with Crippen LogP contribution in [0.25, 0.3) is 0 Å². The third-order valence-electron chi connectivity index (χ3n) is 3.48. The zero-order valence-corrected chi connectivity index (χ0v) is 11.0. The summed E-state index contributed by atoms with van der Waals surface area (Å²) in [6.07, 6.45) is 5.58. The van der Waals surface area contributed by atoms with Crippen molar-refractivity contribution in [2.24, 2.45) is 0 Å². The minimum Gasteiger partial charge on any atom is -0.377 e. The maximum Gasteiger partial charge on any atom is 0.221 e. The van der Waals surface area contributed by atoms with Gasteiger partial charge in [0.15, 0.2) is 0 Å². The summed E-state index contributed by atoms with van der Waals surface area (Å²) in [6, 6.07) is 0. The van der Waals surface area contributed by atoms with Crippen LogP contribution in [0.1, 0.15) is 32.1 Å². The fourth-order valence-corrected chi connectivity index (χ4v) is 2.39. The Labute approximate surface area is 109 Å². The minimum absolute atomic E-state index is 0.102. The molecule has 0 aromatic heterocycles. The first kappa shape index (κ1) is 13.8. The van der Waals surface area contributed by atoms with E-state index >= 15 is 0 Å². The van der Waals surface area contributed by atoms with Crippen molar-refractivity contribution >= 4 is 5.91 Å². The number of carbonyl (C=O) groups is 1. The first-order valence-corrected chi connectivity index (χ1v) is 7.05. The van der Waals surface area contributed by atoms with Gasteiger partial charge in [0, 0.05) is 39.3 Å². The average molecular weight is 256 g/mol. The molecule has 0 bridgehead atoms. The summed E-state index contributed by atoms with van der Waals surface area (Å²) in [5.74, 6) is 0.102. The fourth-order valence-electron chi connectivity index (χ4n) is 2.39. The summed E-state index contributed by atoms with van der Waals surface area (Å²) in [5.41, 5.74) is 0. The molecule has 2 N–H and O–H groups in total. The highest BCUT2D eigenvalue weighted by atomic mass is 16.5. The number of rotatable bonds is 7. The molecule has 2 saturated heterocycles. The van der Waals surface area contributed by atoms with E-state index in [0.717, 1.165) is 52.0 Å². The Kier molecular flexibility index (Phi) is 5.90. The molecule has 0 saturated carbocycles. The van der Waals surface area contributed by atoms with Gasteiger partial charge >= 0.3 is 0 Å².